The molecule has 0 fully saturated rings. The summed E-state index contributed by atoms with van der Waals surface area (Å²) in [4.78, 5) is 13.5. The number of nitrogens with zero attached hydrogens (tertiary/aromatic N) is 3. The summed E-state index contributed by atoms with van der Waals surface area (Å²) in [6.07, 6.45) is 0.339. The predicted molar refractivity (Wildman–Crippen MR) is 108 cm³/mol. The standard InChI is InChI=1S/C19H21N3O3S2/c1-4-22-18(17-6-5-9-26-17)20-21-19(22)27-12-14(23)10-13-7-8-15(24-2)16(11-13)25-3/h5-9,11H,4,10,12H2,1-3H3. The van der Waals surface area contributed by atoms with Crippen molar-refractivity contribution in [3.8, 4) is 22.2 Å². The quantitative estimate of drug-likeness (QED) is 0.504. The molecular formula is C19H21N3O3S2. The maximum Gasteiger partial charge on any atom is 0.191 e. The van der Waals surface area contributed by atoms with E-state index in [-0.39, 0.29) is 5.78 Å². The Labute approximate surface area is 166 Å². The molecule has 0 atom stereocenters. The summed E-state index contributed by atoms with van der Waals surface area (Å²) in [7, 11) is 3.18. The number of rotatable bonds is 9. The van der Waals surface area contributed by atoms with Gasteiger partial charge >= 0.3 is 0 Å². The van der Waals surface area contributed by atoms with Gasteiger partial charge in [0.05, 0.1) is 24.8 Å². The molecule has 142 valence electrons. The van der Waals surface area contributed by atoms with Crippen molar-refractivity contribution in [2.45, 2.75) is 25.0 Å². The van der Waals surface area contributed by atoms with E-state index in [1.807, 2.05) is 40.3 Å². The van der Waals surface area contributed by atoms with E-state index in [0.717, 1.165) is 28.0 Å². The number of hydrogen-bond donors (Lipinski definition) is 0. The summed E-state index contributed by atoms with van der Waals surface area (Å²) in [5.41, 5.74) is 0.898. The van der Waals surface area contributed by atoms with Crippen LogP contribution in [0.5, 0.6) is 11.5 Å². The molecule has 0 aliphatic rings. The van der Waals surface area contributed by atoms with Crippen molar-refractivity contribution in [1.29, 1.82) is 0 Å². The molecule has 0 spiro atoms. The lowest BCUT2D eigenvalue weighted by molar-refractivity contribution is -0.116. The molecule has 0 saturated carbocycles. The van der Waals surface area contributed by atoms with Gasteiger partial charge in [-0.3, -0.25) is 4.79 Å². The van der Waals surface area contributed by atoms with Gasteiger partial charge in [0, 0.05) is 13.0 Å². The Morgan fingerprint density at radius 2 is 2.00 bits per heavy atom. The molecule has 2 aromatic heterocycles. The summed E-state index contributed by atoms with van der Waals surface area (Å²) in [5, 5.41) is 11.3. The second-order valence-electron chi connectivity index (χ2n) is 5.72. The van der Waals surface area contributed by atoms with Crippen LogP contribution in [-0.2, 0) is 17.8 Å². The van der Waals surface area contributed by atoms with Crippen LogP contribution in [0.3, 0.4) is 0 Å². The normalized spacial score (nSPS) is 10.8. The van der Waals surface area contributed by atoms with Gasteiger partial charge in [0.2, 0.25) is 0 Å². The van der Waals surface area contributed by atoms with Crippen molar-refractivity contribution in [1.82, 2.24) is 14.8 Å². The number of benzene rings is 1. The SMILES string of the molecule is CCn1c(SCC(=O)Cc2ccc(OC)c(OC)c2)nnc1-c1cccs1. The van der Waals surface area contributed by atoms with Gasteiger partial charge in [-0.15, -0.1) is 21.5 Å². The van der Waals surface area contributed by atoms with E-state index in [1.165, 1.54) is 11.8 Å². The first-order valence-electron chi connectivity index (χ1n) is 8.48. The number of thioether (sulfide) groups is 1. The van der Waals surface area contributed by atoms with Gasteiger partial charge in [0.25, 0.3) is 0 Å². The van der Waals surface area contributed by atoms with Gasteiger partial charge < -0.3 is 14.0 Å². The zero-order chi connectivity index (χ0) is 19.2. The van der Waals surface area contributed by atoms with Crippen molar-refractivity contribution in [2.24, 2.45) is 0 Å². The third-order valence-corrected chi connectivity index (χ3v) is 5.88. The Balaban J connectivity index is 1.64. The van der Waals surface area contributed by atoms with Crippen molar-refractivity contribution in [2.75, 3.05) is 20.0 Å². The number of hydrogen-bond acceptors (Lipinski definition) is 7. The minimum absolute atomic E-state index is 0.121. The fraction of sp³-hybridized carbons (Fsp3) is 0.316. The first-order valence-corrected chi connectivity index (χ1v) is 10.3. The first kappa shape index (κ1) is 19.4. The molecule has 0 aliphatic carbocycles. The number of methoxy groups -OCH3 is 2. The van der Waals surface area contributed by atoms with Crippen molar-refractivity contribution in [3.05, 3.63) is 41.3 Å². The Hall–Kier alpha value is -2.32. The van der Waals surface area contributed by atoms with Crippen LogP contribution >= 0.6 is 23.1 Å². The third-order valence-electron chi connectivity index (χ3n) is 3.99. The van der Waals surface area contributed by atoms with Crippen molar-refractivity contribution in [3.63, 3.8) is 0 Å². The minimum Gasteiger partial charge on any atom is -0.493 e. The zero-order valence-electron chi connectivity index (χ0n) is 15.5. The highest BCUT2D eigenvalue weighted by Crippen LogP contribution is 2.29. The van der Waals surface area contributed by atoms with E-state index < -0.39 is 0 Å². The van der Waals surface area contributed by atoms with E-state index in [4.69, 9.17) is 9.47 Å². The summed E-state index contributed by atoms with van der Waals surface area (Å²) in [5.74, 6) is 2.59. The highest BCUT2D eigenvalue weighted by molar-refractivity contribution is 7.99. The van der Waals surface area contributed by atoms with Gasteiger partial charge in [-0.2, -0.15) is 0 Å². The minimum atomic E-state index is 0.121. The van der Waals surface area contributed by atoms with E-state index in [0.29, 0.717) is 23.7 Å². The Kier molecular flexibility index (Phi) is 6.52. The van der Waals surface area contributed by atoms with E-state index in [1.54, 1.807) is 25.6 Å². The molecule has 0 bridgehead atoms. The van der Waals surface area contributed by atoms with Crippen LogP contribution in [0.15, 0.2) is 40.9 Å². The molecule has 6 nitrogen and oxygen atoms in total. The molecule has 0 N–H and O–H groups in total. The molecule has 8 heteroatoms. The molecule has 0 aliphatic heterocycles. The van der Waals surface area contributed by atoms with E-state index in [2.05, 4.69) is 17.1 Å². The van der Waals surface area contributed by atoms with E-state index in [9.17, 15) is 4.79 Å². The number of carbonyl (C=O) groups excluding carboxylic acids is 1. The number of thiophene rings is 1. The number of aromatic nitrogens is 3. The zero-order valence-corrected chi connectivity index (χ0v) is 17.1. The van der Waals surface area contributed by atoms with Gasteiger partial charge in [-0.25, -0.2) is 0 Å². The number of carbonyl (C=O) groups is 1. The first-order chi connectivity index (χ1) is 13.2. The number of ether oxygens (including phenoxy) is 2. The van der Waals surface area contributed by atoms with Crippen LogP contribution in [0.1, 0.15) is 12.5 Å². The highest BCUT2D eigenvalue weighted by atomic mass is 32.2. The molecule has 0 saturated heterocycles. The molecule has 0 unspecified atom stereocenters. The van der Waals surface area contributed by atoms with Gasteiger partial charge in [0.1, 0.15) is 5.78 Å². The van der Waals surface area contributed by atoms with Gasteiger partial charge in [0.15, 0.2) is 22.5 Å². The fourth-order valence-electron chi connectivity index (χ4n) is 2.68. The number of Topliss-reactive ketones (excluding diaryl/α,β-unsaturated/α-hetero) is 1. The van der Waals surface area contributed by atoms with Gasteiger partial charge in [-0.1, -0.05) is 23.9 Å². The summed E-state index contributed by atoms with van der Waals surface area (Å²) >= 11 is 3.05. The largest absolute Gasteiger partial charge is 0.493 e. The van der Waals surface area contributed by atoms with E-state index >= 15 is 0 Å². The Bertz CT molecular complexity index is 907. The monoisotopic (exact) mass is 403 g/mol. The summed E-state index contributed by atoms with van der Waals surface area (Å²) in [6.45, 7) is 2.81. The van der Waals surface area contributed by atoms with Crippen molar-refractivity contribution < 1.29 is 14.3 Å². The van der Waals surface area contributed by atoms with Crippen LogP contribution in [0.4, 0.5) is 0 Å². The second-order valence-corrected chi connectivity index (χ2v) is 7.61. The molecule has 0 amide bonds. The van der Waals surface area contributed by atoms with Gasteiger partial charge in [-0.05, 0) is 36.1 Å². The fourth-order valence-corrected chi connectivity index (χ4v) is 4.26. The van der Waals surface area contributed by atoms with Crippen LogP contribution in [0.2, 0.25) is 0 Å². The smallest absolute Gasteiger partial charge is 0.191 e. The highest BCUT2D eigenvalue weighted by Gasteiger charge is 2.15. The van der Waals surface area contributed by atoms with Crippen LogP contribution in [-0.4, -0.2) is 40.5 Å². The van der Waals surface area contributed by atoms with Crippen molar-refractivity contribution >= 4 is 28.9 Å². The lowest BCUT2D eigenvalue weighted by Gasteiger charge is -2.09. The molecule has 0 radical (unpaired) electrons. The third kappa shape index (κ3) is 4.51. The molecule has 3 aromatic rings. The molecule has 3 rings (SSSR count). The maximum absolute atomic E-state index is 12.4. The lowest BCUT2D eigenvalue weighted by atomic mass is 10.1. The summed E-state index contributed by atoms with van der Waals surface area (Å²) < 4.78 is 12.6. The Morgan fingerprint density at radius 3 is 2.67 bits per heavy atom. The molecule has 27 heavy (non-hydrogen) atoms. The topological polar surface area (TPSA) is 66.2 Å². The van der Waals surface area contributed by atoms with Crippen LogP contribution in [0, 0.1) is 0 Å². The van der Waals surface area contributed by atoms with Crippen LogP contribution < -0.4 is 9.47 Å². The average Bonchev–Trinajstić information content (AvgIpc) is 3.35. The number of ketones is 1. The maximum atomic E-state index is 12.4. The lowest BCUT2D eigenvalue weighted by Crippen LogP contribution is -2.07. The summed E-state index contributed by atoms with van der Waals surface area (Å²) in [6, 6.07) is 9.56. The average molecular weight is 404 g/mol. The molecule has 2 heterocycles. The Morgan fingerprint density at radius 1 is 1.19 bits per heavy atom. The second kappa shape index (κ2) is 9.05. The molecular weight excluding hydrogens is 382 g/mol. The van der Waals surface area contributed by atoms with Crippen LogP contribution in [0.25, 0.3) is 10.7 Å². The predicted octanol–water partition coefficient (Wildman–Crippen LogP) is 3.95. The molecule has 1 aromatic carbocycles.